The van der Waals surface area contributed by atoms with Crippen LogP contribution < -0.4 is 0 Å². The molecule has 0 radical (unpaired) electrons. The van der Waals surface area contributed by atoms with Crippen LogP contribution in [0.1, 0.15) is 29.9 Å². The number of fused-ring (bicyclic) bond motifs is 1. The molecule has 1 aromatic carbocycles. The molecule has 3 heterocycles. The molecule has 0 saturated heterocycles. The van der Waals surface area contributed by atoms with Crippen molar-refractivity contribution >= 4 is 17.3 Å². The maximum atomic E-state index is 12.9. The number of alkyl halides is 3. The number of nitrogens with zero attached hydrogens (tertiary/aromatic N) is 3. The minimum Gasteiger partial charge on any atom is -0.436 e. The van der Waals surface area contributed by atoms with Gasteiger partial charge in [0.15, 0.2) is 5.58 Å². The highest BCUT2D eigenvalue weighted by Crippen LogP contribution is 2.36. The lowest BCUT2D eigenvalue weighted by Crippen LogP contribution is -2.03. The van der Waals surface area contributed by atoms with Crippen LogP contribution in [0.4, 0.5) is 13.2 Å². The Bertz CT molecular complexity index is 1000. The van der Waals surface area contributed by atoms with E-state index in [9.17, 15) is 13.2 Å². The average molecular weight is 357 g/mol. The van der Waals surface area contributed by atoms with Crippen LogP contribution in [0, 0.1) is 0 Å². The van der Waals surface area contributed by atoms with E-state index in [1.165, 1.54) is 6.07 Å². The molecule has 0 saturated carbocycles. The number of rotatable bonds is 2. The highest BCUT2D eigenvalue weighted by Gasteiger charge is 2.31. The molecular formula is C19H14F3N3O. The monoisotopic (exact) mass is 357 g/mol. The van der Waals surface area contributed by atoms with E-state index in [-0.39, 0.29) is 17.3 Å². The molecule has 0 aliphatic carbocycles. The van der Waals surface area contributed by atoms with Crippen LogP contribution in [0.5, 0.6) is 0 Å². The van der Waals surface area contributed by atoms with Crippen LogP contribution >= 0.6 is 0 Å². The maximum Gasteiger partial charge on any atom is 0.416 e. The lowest BCUT2D eigenvalue weighted by Gasteiger charge is -2.13. The fourth-order valence-corrected chi connectivity index (χ4v) is 3.01. The van der Waals surface area contributed by atoms with E-state index < -0.39 is 11.7 Å². The van der Waals surface area contributed by atoms with Gasteiger partial charge in [0.2, 0.25) is 5.89 Å². The van der Waals surface area contributed by atoms with Crippen LogP contribution in [-0.2, 0) is 6.18 Å². The Morgan fingerprint density at radius 2 is 2.04 bits per heavy atom. The third-order valence-electron chi connectivity index (χ3n) is 4.31. The number of aromatic nitrogens is 2. The second kappa shape index (κ2) is 6.40. The molecule has 132 valence electrons. The third-order valence-corrected chi connectivity index (χ3v) is 4.31. The van der Waals surface area contributed by atoms with Crippen LogP contribution in [0.15, 0.2) is 58.3 Å². The van der Waals surface area contributed by atoms with Gasteiger partial charge in [0, 0.05) is 36.3 Å². The Morgan fingerprint density at radius 1 is 1.15 bits per heavy atom. The predicted molar refractivity (Wildman–Crippen MR) is 91.8 cm³/mol. The first-order valence-corrected chi connectivity index (χ1v) is 8.13. The molecule has 0 N–H and O–H groups in total. The number of hydrogen-bond donors (Lipinski definition) is 0. The number of allylic oxidation sites excluding steroid dienone is 1. The second-order valence-electron chi connectivity index (χ2n) is 6.02. The van der Waals surface area contributed by atoms with E-state index in [1.807, 2.05) is 12.3 Å². The zero-order valence-electron chi connectivity index (χ0n) is 13.6. The number of benzene rings is 1. The summed E-state index contributed by atoms with van der Waals surface area (Å²) in [5.41, 5.74) is 1.38. The Hall–Kier alpha value is -2.96. The lowest BCUT2D eigenvalue weighted by molar-refractivity contribution is -0.137. The number of hydrogen-bond acceptors (Lipinski definition) is 4. The summed E-state index contributed by atoms with van der Waals surface area (Å²) in [6.07, 6.45) is 6.21. The van der Waals surface area contributed by atoms with E-state index in [0.29, 0.717) is 5.58 Å². The summed E-state index contributed by atoms with van der Waals surface area (Å²) < 4.78 is 44.4. The summed E-state index contributed by atoms with van der Waals surface area (Å²) in [5, 5.41) is 0. The SMILES string of the molecule is FC(F)(F)c1ccc2oc(-c3ccncc3C3C=CN=CCC3)nc2c1. The first kappa shape index (κ1) is 16.5. The number of halogens is 3. The van der Waals surface area contributed by atoms with E-state index >= 15 is 0 Å². The lowest BCUT2D eigenvalue weighted by atomic mass is 9.92. The van der Waals surface area contributed by atoms with Crippen molar-refractivity contribution in [1.82, 2.24) is 9.97 Å². The van der Waals surface area contributed by atoms with Crippen LogP contribution in [0.3, 0.4) is 0 Å². The highest BCUT2D eigenvalue weighted by molar-refractivity contribution is 5.77. The number of oxazole rings is 1. The van der Waals surface area contributed by atoms with E-state index in [1.54, 1.807) is 24.7 Å². The molecule has 0 fully saturated rings. The molecular weight excluding hydrogens is 343 g/mol. The molecule has 1 aliphatic heterocycles. The van der Waals surface area contributed by atoms with Crippen molar-refractivity contribution in [1.29, 1.82) is 0 Å². The topological polar surface area (TPSA) is 51.3 Å². The normalized spacial score (nSPS) is 17.6. The molecule has 0 spiro atoms. The number of pyridine rings is 1. The first-order chi connectivity index (χ1) is 12.5. The molecule has 1 unspecified atom stereocenters. The Morgan fingerprint density at radius 3 is 2.88 bits per heavy atom. The van der Waals surface area contributed by atoms with Gasteiger partial charge in [-0.25, -0.2) is 4.98 Å². The molecule has 0 bridgehead atoms. The fourth-order valence-electron chi connectivity index (χ4n) is 3.01. The Balaban J connectivity index is 1.78. The fraction of sp³-hybridized carbons (Fsp3) is 0.211. The van der Waals surface area contributed by atoms with Crippen molar-refractivity contribution in [2.45, 2.75) is 24.9 Å². The summed E-state index contributed by atoms with van der Waals surface area (Å²) >= 11 is 0. The van der Waals surface area contributed by atoms with Gasteiger partial charge in [-0.15, -0.1) is 0 Å². The van der Waals surface area contributed by atoms with Gasteiger partial charge >= 0.3 is 6.18 Å². The summed E-state index contributed by atoms with van der Waals surface area (Å²) in [6, 6.07) is 5.07. The van der Waals surface area contributed by atoms with Crippen molar-refractivity contribution in [3.63, 3.8) is 0 Å². The van der Waals surface area contributed by atoms with Crippen LogP contribution in [0.2, 0.25) is 0 Å². The predicted octanol–water partition coefficient (Wildman–Crippen LogP) is 5.37. The van der Waals surface area contributed by atoms with E-state index in [2.05, 4.69) is 15.0 Å². The van der Waals surface area contributed by atoms with Gasteiger partial charge < -0.3 is 4.42 Å². The zero-order valence-corrected chi connectivity index (χ0v) is 13.6. The van der Waals surface area contributed by atoms with Crippen molar-refractivity contribution in [2.24, 2.45) is 4.99 Å². The van der Waals surface area contributed by atoms with E-state index in [0.717, 1.165) is 36.1 Å². The molecule has 4 nitrogen and oxygen atoms in total. The zero-order chi connectivity index (χ0) is 18.1. The summed E-state index contributed by atoms with van der Waals surface area (Å²) in [5.74, 6) is 0.372. The van der Waals surface area contributed by atoms with Gasteiger partial charge in [0.25, 0.3) is 0 Å². The van der Waals surface area contributed by atoms with E-state index in [4.69, 9.17) is 4.42 Å². The van der Waals surface area contributed by atoms with Crippen molar-refractivity contribution in [3.05, 3.63) is 60.1 Å². The minimum atomic E-state index is -4.42. The van der Waals surface area contributed by atoms with Crippen molar-refractivity contribution in [3.8, 4) is 11.5 Å². The molecule has 4 rings (SSSR count). The quantitative estimate of drug-likeness (QED) is 0.619. The Kier molecular flexibility index (Phi) is 4.06. The van der Waals surface area contributed by atoms with Gasteiger partial charge in [-0.1, -0.05) is 6.08 Å². The third kappa shape index (κ3) is 3.12. The minimum absolute atomic E-state index is 0.0851. The Labute approximate surface area is 147 Å². The molecule has 7 heteroatoms. The van der Waals surface area contributed by atoms with Gasteiger partial charge in [-0.2, -0.15) is 13.2 Å². The molecule has 0 amide bonds. The summed E-state index contributed by atoms with van der Waals surface area (Å²) in [4.78, 5) is 12.6. The molecule has 1 aliphatic rings. The second-order valence-corrected chi connectivity index (χ2v) is 6.02. The average Bonchev–Trinajstić information content (AvgIpc) is 2.86. The molecule has 3 aromatic rings. The standard InChI is InChI=1S/C19H14F3N3O/c20-19(21,22)13-3-4-17-16(10-13)25-18(26-17)14-6-9-24-11-15(14)12-2-1-7-23-8-5-12/h3-12H,1-2H2. The molecule has 1 atom stereocenters. The summed E-state index contributed by atoms with van der Waals surface area (Å²) in [7, 11) is 0. The van der Waals surface area contributed by atoms with Gasteiger partial charge in [0.1, 0.15) is 5.52 Å². The van der Waals surface area contributed by atoms with Crippen LogP contribution in [0.25, 0.3) is 22.6 Å². The first-order valence-electron chi connectivity index (χ1n) is 8.13. The highest BCUT2D eigenvalue weighted by atomic mass is 19.4. The number of aliphatic imine (C=N–C) groups is 1. The largest absolute Gasteiger partial charge is 0.436 e. The molecule has 2 aromatic heterocycles. The van der Waals surface area contributed by atoms with Gasteiger partial charge in [0.05, 0.1) is 5.56 Å². The smallest absolute Gasteiger partial charge is 0.416 e. The van der Waals surface area contributed by atoms with Crippen LogP contribution in [-0.4, -0.2) is 16.2 Å². The summed E-state index contributed by atoms with van der Waals surface area (Å²) in [6.45, 7) is 0. The van der Waals surface area contributed by atoms with Crippen molar-refractivity contribution < 1.29 is 17.6 Å². The van der Waals surface area contributed by atoms with Gasteiger partial charge in [-0.05, 0) is 42.7 Å². The maximum absolute atomic E-state index is 12.9. The van der Waals surface area contributed by atoms with Gasteiger partial charge in [-0.3, -0.25) is 9.98 Å². The molecule has 26 heavy (non-hydrogen) atoms. The van der Waals surface area contributed by atoms with Crippen molar-refractivity contribution in [2.75, 3.05) is 0 Å².